The maximum absolute atomic E-state index is 13.1. The first kappa shape index (κ1) is 20.8. The molecule has 0 spiro atoms. The van der Waals surface area contributed by atoms with Crippen molar-refractivity contribution in [3.05, 3.63) is 56.5 Å². The molecule has 3 rings (SSSR count). The van der Waals surface area contributed by atoms with Gasteiger partial charge in [-0.25, -0.2) is 13.8 Å². The van der Waals surface area contributed by atoms with Crippen molar-refractivity contribution in [1.29, 1.82) is 0 Å². The summed E-state index contributed by atoms with van der Waals surface area (Å²) in [5, 5.41) is 49.3. The normalized spacial score (nSPS) is 27.4. The van der Waals surface area contributed by atoms with Crippen LogP contribution in [0, 0.1) is 5.82 Å². The molecule has 11 nitrogen and oxygen atoms in total. The fourth-order valence-electron chi connectivity index (χ4n) is 2.89. The van der Waals surface area contributed by atoms with Gasteiger partial charge < -0.3 is 30.3 Å². The highest BCUT2D eigenvalue weighted by Crippen LogP contribution is 2.22. The second-order valence-corrected chi connectivity index (χ2v) is 6.31. The number of hydrogen-bond acceptors (Lipinski definition) is 9. The number of aliphatic imine (C=N–C) groups is 1. The van der Waals surface area contributed by atoms with Crippen molar-refractivity contribution in [2.24, 2.45) is 4.99 Å². The minimum atomic E-state index is -1.72. The predicted octanol–water partition coefficient (Wildman–Crippen LogP) is -2.41. The molecule has 12 heteroatoms. The second-order valence-electron chi connectivity index (χ2n) is 6.31. The van der Waals surface area contributed by atoms with Gasteiger partial charge in [0.2, 0.25) is 5.88 Å². The summed E-state index contributed by atoms with van der Waals surface area (Å²) in [5.41, 5.74) is -2.43. The van der Waals surface area contributed by atoms with Crippen LogP contribution in [0.25, 0.3) is 5.69 Å². The molecule has 6 N–H and O–H groups in total. The number of aromatic nitrogens is 2. The van der Waals surface area contributed by atoms with E-state index in [0.717, 1.165) is 18.3 Å². The topological polar surface area (TPSA) is 178 Å². The Balaban J connectivity index is 1.99. The fraction of sp³-hybridized carbons (Fsp3) is 0.353. The molecule has 1 aromatic carbocycles. The average Bonchev–Trinajstić information content (AvgIpc) is 2.68. The van der Waals surface area contributed by atoms with Gasteiger partial charge in [-0.05, 0) is 24.3 Å². The molecule has 1 aliphatic rings. The van der Waals surface area contributed by atoms with E-state index in [9.17, 15) is 34.4 Å². The maximum atomic E-state index is 13.1. The number of aliphatic hydroxyl groups is 4. The molecule has 1 saturated heterocycles. The van der Waals surface area contributed by atoms with E-state index in [4.69, 9.17) is 9.84 Å². The average molecular weight is 411 g/mol. The molecule has 0 aliphatic carbocycles. The van der Waals surface area contributed by atoms with Gasteiger partial charge >= 0.3 is 5.69 Å². The van der Waals surface area contributed by atoms with Crippen molar-refractivity contribution in [2.45, 2.75) is 30.6 Å². The molecular weight excluding hydrogens is 393 g/mol. The molecule has 29 heavy (non-hydrogen) atoms. The van der Waals surface area contributed by atoms with Crippen molar-refractivity contribution in [2.75, 3.05) is 6.61 Å². The molecule has 0 radical (unpaired) electrons. The second kappa shape index (κ2) is 8.23. The van der Waals surface area contributed by atoms with Crippen LogP contribution >= 0.6 is 0 Å². The SMILES string of the molecule is O=c1[nH]c(=O)n(-c2ccc(F)cc2)c(O)c1C=N[C@H]1[C@@H](O)[C@H](O)[C@H](CO)O[C@@H]1O. The minimum Gasteiger partial charge on any atom is -0.493 e. The highest BCUT2D eigenvalue weighted by molar-refractivity contribution is 5.82. The molecule has 0 bridgehead atoms. The third kappa shape index (κ3) is 3.97. The fourth-order valence-corrected chi connectivity index (χ4v) is 2.89. The Morgan fingerprint density at radius 1 is 1.17 bits per heavy atom. The number of nitrogens with one attached hydrogen (secondary N) is 1. The quantitative estimate of drug-likeness (QED) is 0.301. The van der Waals surface area contributed by atoms with Crippen molar-refractivity contribution < 1.29 is 34.7 Å². The van der Waals surface area contributed by atoms with Gasteiger partial charge in [-0.1, -0.05) is 0 Å². The van der Waals surface area contributed by atoms with Gasteiger partial charge in [-0.15, -0.1) is 0 Å². The number of hydrogen-bond donors (Lipinski definition) is 6. The third-order valence-corrected chi connectivity index (χ3v) is 4.45. The Bertz CT molecular complexity index is 1020. The largest absolute Gasteiger partial charge is 0.493 e. The van der Waals surface area contributed by atoms with E-state index in [0.29, 0.717) is 4.57 Å². The molecule has 2 heterocycles. The summed E-state index contributed by atoms with van der Waals surface area (Å²) in [6.07, 6.45) is -5.36. The number of H-pyrrole nitrogens is 1. The van der Waals surface area contributed by atoms with Crippen LogP contribution in [-0.2, 0) is 4.74 Å². The highest BCUT2D eigenvalue weighted by Gasteiger charge is 2.43. The first-order valence-electron chi connectivity index (χ1n) is 8.42. The number of aromatic hydroxyl groups is 1. The number of ether oxygens (including phenoxy) is 1. The lowest BCUT2D eigenvalue weighted by atomic mass is 9.97. The lowest BCUT2D eigenvalue weighted by Crippen LogP contribution is -2.57. The van der Waals surface area contributed by atoms with Crippen LogP contribution in [0.4, 0.5) is 4.39 Å². The summed E-state index contributed by atoms with van der Waals surface area (Å²) < 4.78 is 18.8. The van der Waals surface area contributed by atoms with E-state index >= 15 is 0 Å². The van der Waals surface area contributed by atoms with E-state index in [1.807, 2.05) is 4.98 Å². The number of rotatable bonds is 4. The first-order chi connectivity index (χ1) is 13.7. The van der Waals surface area contributed by atoms with Crippen LogP contribution in [0.1, 0.15) is 5.56 Å². The molecule has 0 saturated carbocycles. The molecule has 1 aromatic heterocycles. The predicted molar refractivity (Wildman–Crippen MR) is 95.6 cm³/mol. The molecule has 0 unspecified atom stereocenters. The number of aliphatic hydroxyl groups excluding tert-OH is 4. The Labute approximate surface area is 161 Å². The van der Waals surface area contributed by atoms with Crippen LogP contribution in [0.5, 0.6) is 5.88 Å². The van der Waals surface area contributed by atoms with Crippen LogP contribution in [0.3, 0.4) is 0 Å². The Morgan fingerprint density at radius 2 is 1.83 bits per heavy atom. The molecule has 156 valence electrons. The van der Waals surface area contributed by atoms with E-state index < -0.39 is 65.8 Å². The summed E-state index contributed by atoms with van der Waals surface area (Å²) in [6, 6.07) is 3.04. The van der Waals surface area contributed by atoms with Crippen LogP contribution in [0.2, 0.25) is 0 Å². The van der Waals surface area contributed by atoms with Gasteiger partial charge in [0.15, 0.2) is 6.29 Å². The molecule has 5 atom stereocenters. The molecule has 1 fully saturated rings. The Morgan fingerprint density at radius 3 is 2.45 bits per heavy atom. The van der Waals surface area contributed by atoms with E-state index in [-0.39, 0.29) is 5.69 Å². The van der Waals surface area contributed by atoms with Crippen LogP contribution in [0.15, 0.2) is 38.8 Å². The van der Waals surface area contributed by atoms with Gasteiger partial charge in [0.1, 0.15) is 35.7 Å². The monoisotopic (exact) mass is 411 g/mol. The molecule has 1 aliphatic heterocycles. The van der Waals surface area contributed by atoms with Gasteiger partial charge in [-0.3, -0.25) is 14.8 Å². The summed E-state index contributed by atoms with van der Waals surface area (Å²) in [5.74, 6) is -1.39. The smallest absolute Gasteiger partial charge is 0.335 e. The van der Waals surface area contributed by atoms with Gasteiger partial charge in [0, 0.05) is 6.21 Å². The number of halogens is 1. The standard InChI is InChI=1S/C17H18FN3O8/c18-7-1-3-8(4-2-7)21-15(26)9(14(25)20-17(21)28)5-19-11-13(24)12(23)10(6-22)29-16(11)27/h1-5,10-13,16,22-24,26-27H,6H2,(H,20,25,28)/t10-,11-,12+,13+,16-/m0/s1. The lowest BCUT2D eigenvalue weighted by Gasteiger charge is -2.38. The van der Waals surface area contributed by atoms with Crippen molar-refractivity contribution in [1.82, 2.24) is 9.55 Å². The van der Waals surface area contributed by atoms with Gasteiger partial charge in [-0.2, -0.15) is 0 Å². The zero-order valence-electron chi connectivity index (χ0n) is 14.7. The zero-order valence-corrected chi connectivity index (χ0v) is 14.7. The maximum Gasteiger partial charge on any atom is 0.335 e. The van der Waals surface area contributed by atoms with E-state index in [1.54, 1.807) is 0 Å². The molecule has 0 amide bonds. The van der Waals surface area contributed by atoms with Crippen molar-refractivity contribution >= 4 is 6.21 Å². The lowest BCUT2D eigenvalue weighted by molar-refractivity contribution is -0.248. The first-order valence-corrected chi connectivity index (χ1v) is 8.42. The van der Waals surface area contributed by atoms with Crippen LogP contribution < -0.4 is 11.2 Å². The Hall–Kier alpha value is -2.90. The van der Waals surface area contributed by atoms with Crippen molar-refractivity contribution in [3.63, 3.8) is 0 Å². The number of nitrogens with zero attached hydrogens (tertiary/aromatic N) is 2. The minimum absolute atomic E-state index is 0.0575. The van der Waals surface area contributed by atoms with E-state index in [1.165, 1.54) is 12.1 Å². The van der Waals surface area contributed by atoms with Gasteiger partial charge in [0.25, 0.3) is 5.56 Å². The molecule has 2 aromatic rings. The molecular formula is C17H18FN3O8. The zero-order chi connectivity index (χ0) is 21.3. The summed E-state index contributed by atoms with van der Waals surface area (Å²) >= 11 is 0. The number of aromatic amines is 1. The summed E-state index contributed by atoms with van der Waals surface area (Å²) in [4.78, 5) is 29.9. The third-order valence-electron chi connectivity index (χ3n) is 4.45. The van der Waals surface area contributed by atoms with Crippen LogP contribution in [-0.4, -0.2) is 78.5 Å². The summed E-state index contributed by atoms with van der Waals surface area (Å²) in [7, 11) is 0. The summed E-state index contributed by atoms with van der Waals surface area (Å²) in [6.45, 7) is -0.658. The highest BCUT2D eigenvalue weighted by atomic mass is 19.1. The Kier molecular flexibility index (Phi) is 5.91. The number of benzene rings is 1. The van der Waals surface area contributed by atoms with Gasteiger partial charge in [0.05, 0.1) is 12.3 Å². The van der Waals surface area contributed by atoms with E-state index in [2.05, 4.69) is 4.99 Å². The van der Waals surface area contributed by atoms with Crippen molar-refractivity contribution in [3.8, 4) is 11.6 Å².